The summed E-state index contributed by atoms with van der Waals surface area (Å²) in [5, 5.41) is 9.13. The maximum Gasteiger partial charge on any atom is 0.0558 e. The quantitative estimate of drug-likeness (QED) is 0.755. The monoisotopic (exact) mass is 211 g/mol. The van der Waals surface area contributed by atoms with Crippen molar-refractivity contribution in [3.63, 3.8) is 0 Å². The first-order chi connectivity index (χ1) is 7.40. The Morgan fingerprint density at radius 1 is 0.933 bits per heavy atom. The van der Waals surface area contributed by atoms with E-state index in [0.29, 0.717) is 6.61 Å². The smallest absolute Gasteiger partial charge is 0.0558 e. The molecular weight excluding hydrogens is 186 g/mol. The lowest BCUT2D eigenvalue weighted by molar-refractivity contribution is 0.132. The number of hydrogen-bond donors (Lipinski definition) is 1. The molecule has 88 valence electrons. The van der Waals surface area contributed by atoms with E-state index in [1.54, 1.807) is 0 Å². The second-order valence-electron chi connectivity index (χ2n) is 5.31. The van der Waals surface area contributed by atoms with Gasteiger partial charge in [-0.25, -0.2) is 0 Å². The zero-order valence-electron chi connectivity index (χ0n) is 9.83. The first kappa shape index (κ1) is 11.4. The normalized spacial score (nSPS) is 24.4. The molecule has 0 bridgehead atoms. The third-order valence-corrected chi connectivity index (χ3v) is 4.20. The van der Waals surface area contributed by atoms with Gasteiger partial charge in [-0.3, -0.25) is 4.90 Å². The molecule has 0 amide bonds. The zero-order valence-corrected chi connectivity index (χ0v) is 9.83. The molecule has 0 aromatic carbocycles. The van der Waals surface area contributed by atoms with Gasteiger partial charge in [-0.1, -0.05) is 25.7 Å². The van der Waals surface area contributed by atoms with E-state index in [4.69, 9.17) is 5.11 Å². The van der Waals surface area contributed by atoms with Gasteiger partial charge in [0.2, 0.25) is 0 Å². The molecule has 2 aliphatic rings. The van der Waals surface area contributed by atoms with Gasteiger partial charge in [0.25, 0.3) is 0 Å². The van der Waals surface area contributed by atoms with Crippen LogP contribution < -0.4 is 0 Å². The number of aliphatic hydroxyl groups is 1. The number of hydrogen-bond acceptors (Lipinski definition) is 2. The molecule has 0 unspecified atom stereocenters. The van der Waals surface area contributed by atoms with Crippen LogP contribution in [-0.2, 0) is 0 Å². The Labute approximate surface area is 93.7 Å². The van der Waals surface area contributed by atoms with E-state index in [9.17, 15) is 0 Å². The van der Waals surface area contributed by atoms with Gasteiger partial charge >= 0.3 is 0 Å². The van der Waals surface area contributed by atoms with Gasteiger partial charge in [-0.15, -0.1) is 0 Å². The number of aliphatic hydroxyl groups excluding tert-OH is 1. The van der Waals surface area contributed by atoms with Gasteiger partial charge in [-0.2, -0.15) is 0 Å². The Bertz CT molecular complexity index is 171. The van der Waals surface area contributed by atoms with Gasteiger partial charge in [0.15, 0.2) is 0 Å². The van der Waals surface area contributed by atoms with Crippen molar-refractivity contribution < 1.29 is 5.11 Å². The highest BCUT2D eigenvalue weighted by Gasteiger charge is 2.25. The van der Waals surface area contributed by atoms with Gasteiger partial charge in [0.1, 0.15) is 0 Å². The molecule has 0 aromatic heterocycles. The molecule has 0 atom stereocenters. The summed E-state index contributed by atoms with van der Waals surface area (Å²) >= 11 is 0. The van der Waals surface area contributed by atoms with Crippen LogP contribution in [0.15, 0.2) is 0 Å². The van der Waals surface area contributed by atoms with E-state index in [2.05, 4.69) is 4.90 Å². The predicted molar refractivity (Wildman–Crippen MR) is 62.9 cm³/mol. The minimum absolute atomic E-state index is 0.337. The highest BCUT2D eigenvalue weighted by molar-refractivity contribution is 4.80. The molecule has 2 rings (SSSR count). The van der Waals surface area contributed by atoms with Gasteiger partial charge in [-0.05, 0) is 31.6 Å². The van der Waals surface area contributed by atoms with E-state index in [-0.39, 0.29) is 0 Å². The lowest BCUT2D eigenvalue weighted by Crippen LogP contribution is -2.38. The fourth-order valence-electron chi connectivity index (χ4n) is 3.35. The van der Waals surface area contributed by atoms with Gasteiger partial charge < -0.3 is 5.11 Å². The van der Waals surface area contributed by atoms with Crippen molar-refractivity contribution in [1.29, 1.82) is 0 Å². The molecular formula is C13H25NO. The molecule has 1 N–H and O–H groups in total. The van der Waals surface area contributed by atoms with Crippen molar-refractivity contribution in [2.24, 2.45) is 5.92 Å². The Kier molecular flexibility index (Phi) is 4.45. The molecule has 0 aliphatic heterocycles. The van der Waals surface area contributed by atoms with Crippen molar-refractivity contribution in [3.05, 3.63) is 0 Å². The molecule has 2 aliphatic carbocycles. The first-order valence-corrected chi connectivity index (χ1v) is 6.75. The molecule has 0 radical (unpaired) electrons. The van der Waals surface area contributed by atoms with Crippen LogP contribution in [0, 0.1) is 5.92 Å². The molecule has 2 heteroatoms. The minimum atomic E-state index is 0.337. The van der Waals surface area contributed by atoms with Crippen LogP contribution in [-0.4, -0.2) is 35.7 Å². The fraction of sp³-hybridized carbons (Fsp3) is 1.00. The van der Waals surface area contributed by atoms with Crippen LogP contribution in [0.1, 0.15) is 51.4 Å². The predicted octanol–water partition coefficient (Wildman–Crippen LogP) is 2.41. The van der Waals surface area contributed by atoms with E-state index < -0.39 is 0 Å². The summed E-state index contributed by atoms with van der Waals surface area (Å²) < 4.78 is 0. The van der Waals surface area contributed by atoms with Crippen molar-refractivity contribution in [2.75, 3.05) is 19.7 Å². The zero-order chi connectivity index (χ0) is 10.5. The van der Waals surface area contributed by atoms with E-state index >= 15 is 0 Å². The van der Waals surface area contributed by atoms with E-state index in [1.165, 1.54) is 57.9 Å². The Morgan fingerprint density at radius 3 is 2.13 bits per heavy atom. The van der Waals surface area contributed by atoms with Crippen molar-refractivity contribution in [1.82, 2.24) is 4.90 Å². The fourth-order valence-corrected chi connectivity index (χ4v) is 3.35. The lowest BCUT2D eigenvalue weighted by atomic mass is 10.1. The molecule has 2 nitrogen and oxygen atoms in total. The second kappa shape index (κ2) is 5.86. The highest BCUT2D eigenvalue weighted by Crippen LogP contribution is 2.29. The number of nitrogens with zero attached hydrogens (tertiary/aromatic N) is 1. The molecule has 0 heterocycles. The van der Waals surface area contributed by atoms with Crippen LogP contribution >= 0.6 is 0 Å². The minimum Gasteiger partial charge on any atom is -0.395 e. The maximum atomic E-state index is 9.13. The average Bonchev–Trinajstić information content (AvgIpc) is 2.89. The SMILES string of the molecule is OCCN(CC1CCCC1)C1CCCC1. The number of rotatable bonds is 5. The summed E-state index contributed by atoms with van der Waals surface area (Å²) in [6, 6.07) is 0.790. The summed E-state index contributed by atoms with van der Waals surface area (Å²) in [6.07, 6.45) is 11.3. The Balaban J connectivity index is 1.81. The van der Waals surface area contributed by atoms with Crippen LogP contribution in [0.5, 0.6) is 0 Å². The maximum absolute atomic E-state index is 9.13. The van der Waals surface area contributed by atoms with Crippen LogP contribution in [0.3, 0.4) is 0 Å². The largest absolute Gasteiger partial charge is 0.395 e. The summed E-state index contributed by atoms with van der Waals surface area (Å²) in [7, 11) is 0. The van der Waals surface area contributed by atoms with E-state index in [0.717, 1.165) is 18.5 Å². The first-order valence-electron chi connectivity index (χ1n) is 6.75. The van der Waals surface area contributed by atoms with Crippen molar-refractivity contribution in [2.45, 2.75) is 57.4 Å². The summed E-state index contributed by atoms with van der Waals surface area (Å²) in [4.78, 5) is 2.57. The van der Waals surface area contributed by atoms with Crippen LogP contribution in [0.2, 0.25) is 0 Å². The topological polar surface area (TPSA) is 23.5 Å². The van der Waals surface area contributed by atoms with Crippen molar-refractivity contribution >= 4 is 0 Å². The second-order valence-corrected chi connectivity index (χ2v) is 5.31. The molecule has 2 saturated carbocycles. The highest BCUT2D eigenvalue weighted by atomic mass is 16.3. The van der Waals surface area contributed by atoms with E-state index in [1.807, 2.05) is 0 Å². The molecule has 0 saturated heterocycles. The Hall–Kier alpha value is -0.0800. The van der Waals surface area contributed by atoms with Gasteiger partial charge in [0.05, 0.1) is 6.61 Å². The molecule has 0 spiro atoms. The lowest BCUT2D eigenvalue weighted by Gasteiger charge is -2.30. The standard InChI is InChI=1S/C13H25NO/c15-10-9-14(13-7-3-4-8-13)11-12-5-1-2-6-12/h12-13,15H,1-11H2. The van der Waals surface area contributed by atoms with Gasteiger partial charge in [0, 0.05) is 19.1 Å². The molecule has 15 heavy (non-hydrogen) atoms. The summed E-state index contributed by atoms with van der Waals surface area (Å²) in [5.41, 5.74) is 0. The Morgan fingerprint density at radius 2 is 1.53 bits per heavy atom. The third kappa shape index (κ3) is 3.18. The summed E-state index contributed by atoms with van der Waals surface area (Å²) in [6.45, 7) is 2.50. The summed E-state index contributed by atoms with van der Waals surface area (Å²) in [5.74, 6) is 0.928. The average molecular weight is 211 g/mol. The molecule has 2 fully saturated rings. The van der Waals surface area contributed by atoms with Crippen molar-refractivity contribution in [3.8, 4) is 0 Å². The van der Waals surface area contributed by atoms with Crippen LogP contribution in [0.25, 0.3) is 0 Å². The molecule has 0 aromatic rings. The van der Waals surface area contributed by atoms with Crippen LogP contribution in [0.4, 0.5) is 0 Å². The third-order valence-electron chi connectivity index (χ3n) is 4.20.